The van der Waals surface area contributed by atoms with E-state index < -0.39 is 23.4 Å². The first-order valence-electron chi connectivity index (χ1n) is 6.58. The van der Waals surface area contributed by atoms with Gasteiger partial charge < -0.3 is 10.1 Å². The van der Waals surface area contributed by atoms with Crippen molar-refractivity contribution in [2.45, 2.75) is 0 Å². The van der Waals surface area contributed by atoms with Crippen LogP contribution in [-0.2, 0) is 9.53 Å². The number of aromatic nitrogens is 1. The van der Waals surface area contributed by atoms with Gasteiger partial charge in [0.1, 0.15) is 11.8 Å². The summed E-state index contributed by atoms with van der Waals surface area (Å²) >= 11 is 0. The Morgan fingerprint density at radius 1 is 1.33 bits per heavy atom. The Balaban J connectivity index is 1.99. The summed E-state index contributed by atoms with van der Waals surface area (Å²) < 4.78 is 4.79. The van der Waals surface area contributed by atoms with Crippen LogP contribution < -0.4 is 5.32 Å². The fourth-order valence-electron chi connectivity index (χ4n) is 1.72. The molecule has 2 rings (SSSR count). The molecule has 9 nitrogen and oxygen atoms in total. The van der Waals surface area contributed by atoms with Crippen molar-refractivity contribution in [2.75, 3.05) is 11.9 Å². The molecular weight excluding hydrogens is 316 g/mol. The van der Waals surface area contributed by atoms with Gasteiger partial charge in [0.2, 0.25) is 0 Å². The Bertz CT molecular complexity index is 830. The summed E-state index contributed by atoms with van der Waals surface area (Å²) in [5.41, 5.74) is -0.208. The molecule has 2 aromatic rings. The summed E-state index contributed by atoms with van der Waals surface area (Å²) in [7, 11) is 0. The van der Waals surface area contributed by atoms with E-state index in [1.165, 1.54) is 18.3 Å². The van der Waals surface area contributed by atoms with E-state index in [0.29, 0.717) is 0 Å². The van der Waals surface area contributed by atoms with Crippen LogP contribution >= 0.6 is 0 Å². The molecule has 1 heterocycles. The number of benzene rings is 1. The maximum absolute atomic E-state index is 11.8. The summed E-state index contributed by atoms with van der Waals surface area (Å²) in [6.45, 7) is -0.586. The molecule has 1 N–H and O–H groups in total. The van der Waals surface area contributed by atoms with Crippen molar-refractivity contribution in [1.82, 2.24) is 4.98 Å². The van der Waals surface area contributed by atoms with Gasteiger partial charge in [-0.3, -0.25) is 14.9 Å². The van der Waals surface area contributed by atoms with Crippen molar-refractivity contribution in [1.29, 1.82) is 5.26 Å². The van der Waals surface area contributed by atoms with Gasteiger partial charge in [-0.05, 0) is 18.2 Å². The van der Waals surface area contributed by atoms with Gasteiger partial charge in [-0.1, -0.05) is 6.07 Å². The molecule has 0 saturated carbocycles. The lowest BCUT2D eigenvalue weighted by Crippen LogP contribution is -2.21. The van der Waals surface area contributed by atoms with Crippen molar-refractivity contribution in [3.05, 3.63) is 64.0 Å². The third-order valence-corrected chi connectivity index (χ3v) is 2.82. The number of esters is 1. The summed E-state index contributed by atoms with van der Waals surface area (Å²) in [6.07, 6.45) is 1.41. The minimum atomic E-state index is -0.769. The number of nitrogens with zero attached hydrogens (tertiary/aromatic N) is 3. The number of anilines is 1. The topological polar surface area (TPSA) is 135 Å². The molecule has 1 amide bonds. The number of hydrogen-bond acceptors (Lipinski definition) is 7. The van der Waals surface area contributed by atoms with Crippen LogP contribution in [0.4, 0.5) is 11.4 Å². The van der Waals surface area contributed by atoms with Crippen LogP contribution in [0, 0.1) is 21.4 Å². The van der Waals surface area contributed by atoms with Gasteiger partial charge in [0.05, 0.1) is 16.2 Å². The van der Waals surface area contributed by atoms with Crippen LogP contribution in [0.25, 0.3) is 0 Å². The van der Waals surface area contributed by atoms with Gasteiger partial charge in [0.25, 0.3) is 11.6 Å². The lowest BCUT2D eigenvalue weighted by Gasteiger charge is -2.07. The third-order valence-electron chi connectivity index (χ3n) is 2.82. The number of non-ortho nitro benzene ring substituents is 1. The second-order valence-electron chi connectivity index (χ2n) is 4.44. The smallest absolute Gasteiger partial charge is 0.357 e. The summed E-state index contributed by atoms with van der Waals surface area (Å²) in [4.78, 5) is 37.2. The fraction of sp³-hybridized carbons (Fsp3) is 0.0667. The Hall–Kier alpha value is -3.80. The Kier molecular flexibility index (Phi) is 5.15. The maximum atomic E-state index is 11.8. The molecule has 0 aliphatic heterocycles. The molecule has 1 aromatic carbocycles. The van der Waals surface area contributed by atoms with E-state index >= 15 is 0 Å². The highest BCUT2D eigenvalue weighted by molar-refractivity contribution is 5.95. The molecule has 0 aliphatic rings. The zero-order chi connectivity index (χ0) is 17.5. The van der Waals surface area contributed by atoms with Gasteiger partial charge >= 0.3 is 5.97 Å². The van der Waals surface area contributed by atoms with Gasteiger partial charge in [-0.2, -0.15) is 5.26 Å². The Labute approximate surface area is 135 Å². The zero-order valence-corrected chi connectivity index (χ0v) is 12.1. The van der Waals surface area contributed by atoms with E-state index in [1.54, 1.807) is 18.2 Å². The van der Waals surface area contributed by atoms with Crippen LogP contribution in [-0.4, -0.2) is 28.4 Å². The number of nitro benzene ring substituents is 1. The second kappa shape index (κ2) is 7.46. The average molecular weight is 326 g/mol. The van der Waals surface area contributed by atoms with Crippen LogP contribution in [0.2, 0.25) is 0 Å². The first-order valence-corrected chi connectivity index (χ1v) is 6.58. The monoisotopic (exact) mass is 326 g/mol. The number of hydrogen-bond donors (Lipinski definition) is 1. The van der Waals surface area contributed by atoms with Gasteiger partial charge in [-0.15, -0.1) is 0 Å². The van der Waals surface area contributed by atoms with Crippen LogP contribution in [0.5, 0.6) is 0 Å². The molecule has 120 valence electrons. The standard InChI is InChI=1S/C15H10N4O5/c16-8-10-7-11(19(22)23)4-5-12(10)18-14(20)9-24-15(21)13-3-1-2-6-17-13/h1-7H,9H2,(H,18,20). The van der Waals surface area contributed by atoms with Crippen molar-refractivity contribution >= 4 is 23.3 Å². The van der Waals surface area contributed by atoms with Crippen molar-refractivity contribution < 1.29 is 19.2 Å². The lowest BCUT2D eigenvalue weighted by atomic mass is 10.1. The second-order valence-corrected chi connectivity index (χ2v) is 4.44. The van der Waals surface area contributed by atoms with Crippen molar-refractivity contribution in [2.24, 2.45) is 0 Å². The minimum Gasteiger partial charge on any atom is -0.451 e. The molecule has 0 bridgehead atoms. The van der Waals surface area contributed by atoms with Gasteiger partial charge in [-0.25, -0.2) is 9.78 Å². The number of amides is 1. The molecule has 0 spiro atoms. The first kappa shape index (κ1) is 16.6. The number of carbonyl (C=O) groups is 2. The molecule has 9 heteroatoms. The van der Waals surface area contributed by atoms with Crippen LogP contribution in [0.1, 0.15) is 16.1 Å². The van der Waals surface area contributed by atoms with E-state index in [4.69, 9.17) is 10.00 Å². The predicted octanol–water partition coefficient (Wildman–Crippen LogP) is 1.66. The maximum Gasteiger partial charge on any atom is 0.357 e. The van der Waals surface area contributed by atoms with Gasteiger partial charge in [0.15, 0.2) is 6.61 Å². The molecule has 0 fully saturated rings. The number of nitro groups is 1. The highest BCUT2D eigenvalue weighted by Crippen LogP contribution is 2.21. The van der Waals surface area contributed by atoms with Crippen LogP contribution in [0.15, 0.2) is 42.6 Å². The molecule has 0 radical (unpaired) electrons. The van der Waals surface area contributed by atoms with E-state index in [2.05, 4.69) is 10.3 Å². The van der Waals surface area contributed by atoms with E-state index in [0.717, 1.165) is 12.1 Å². The third kappa shape index (κ3) is 4.11. The van der Waals surface area contributed by atoms with Crippen molar-refractivity contribution in [3.8, 4) is 6.07 Å². The molecule has 0 atom stereocenters. The van der Waals surface area contributed by atoms with Gasteiger partial charge in [0, 0.05) is 18.3 Å². The molecule has 0 aliphatic carbocycles. The Morgan fingerprint density at radius 2 is 2.12 bits per heavy atom. The fourth-order valence-corrected chi connectivity index (χ4v) is 1.72. The summed E-state index contributed by atoms with van der Waals surface area (Å²) in [6, 6.07) is 9.83. The number of rotatable bonds is 5. The molecule has 0 unspecified atom stereocenters. The molecule has 24 heavy (non-hydrogen) atoms. The molecule has 0 saturated heterocycles. The number of carbonyl (C=O) groups excluding carboxylic acids is 2. The minimum absolute atomic E-state index is 0.0540. The van der Waals surface area contributed by atoms with E-state index in [9.17, 15) is 19.7 Å². The molecule has 1 aromatic heterocycles. The van der Waals surface area contributed by atoms with Crippen molar-refractivity contribution in [3.63, 3.8) is 0 Å². The number of nitriles is 1. The quantitative estimate of drug-likeness (QED) is 0.501. The number of nitrogens with one attached hydrogen (secondary N) is 1. The highest BCUT2D eigenvalue weighted by atomic mass is 16.6. The first-order chi connectivity index (χ1) is 11.5. The SMILES string of the molecule is N#Cc1cc([N+](=O)[O-])ccc1NC(=O)COC(=O)c1ccccn1. The number of ether oxygens (including phenoxy) is 1. The van der Waals surface area contributed by atoms with Crippen LogP contribution in [0.3, 0.4) is 0 Å². The summed E-state index contributed by atoms with van der Waals surface area (Å²) in [5, 5.41) is 22.0. The number of pyridine rings is 1. The normalized spacial score (nSPS) is 9.62. The molecular formula is C15H10N4O5. The Morgan fingerprint density at radius 3 is 2.75 bits per heavy atom. The van der Waals surface area contributed by atoms with E-state index in [-0.39, 0.29) is 22.6 Å². The lowest BCUT2D eigenvalue weighted by molar-refractivity contribution is -0.384. The summed E-state index contributed by atoms with van der Waals surface area (Å²) in [5.74, 6) is -1.46. The average Bonchev–Trinajstić information content (AvgIpc) is 2.60. The van der Waals surface area contributed by atoms with E-state index in [1.807, 2.05) is 0 Å². The predicted molar refractivity (Wildman–Crippen MR) is 81.0 cm³/mol. The highest BCUT2D eigenvalue weighted by Gasteiger charge is 2.14. The largest absolute Gasteiger partial charge is 0.451 e. The zero-order valence-electron chi connectivity index (χ0n) is 12.1.